The van der Waals surface area contributed by atoms with Gasteiger partial charge in [-0.2, -0.15) is 0 Å². The summed E-state index contributed by atoms with van der Waals surface area (Å²) >= 11 is 0. The summed E-state index contributed by atoms with van der Waals surface area (Å²) < 4.78 is 5.13. The lowest BCUT2D eigenvalue weighted by Gasteiger charge is -2.26. The molecule has 0 saturated heterocycles. The summed E-state index contributed by atoms with van der Waals surface area (Å²) in [5.74, 6) is 0.904. The van der Waals surface area contributed by atoms with Crippen molar-refractivity contribution in [2.45, 2.75) is 26.4 Å². The highest BCUT2D eigenvalue weighted by molar-refractivity contribution is 5.34. The fourth-order valence-electron chi connectivity index (χ4n) is 1.63. The molecule has 1 heterocycles. The van der Waals surface area contributed by atoms with Crippen LogP contribution in [0.15, 0.2) is 18.3 Å². The van der Waals surface area contributed by atoms with Crippen LogP contribution in [0.3, 0.4) is 0 Å². The Morgan fingerprint density at radius 2 is 2.18 bits per heavy atom. The van der Waals surface area contributed by atoms with Crippen molar-refractivity contribution in [1.82, 2.24) is 9.88 Å². The van der Waals surface area contributed by atoms with Gasteiger partial charge < -0.3 is 10.1 Å². The number of nitrogens with zero attached hydrogens (tertiary/aromatic N) is 2. The van der Waals surface area contributed by atoms with Crippen molar-refractivity contribution >= 4 is 5.82 Å². The highest BCUT2D eigenvalue weighted by atomic mass is 16.5. The molecule has 0 aliphatic rings. The third-order valence-corrected chi connectivity index (χ3v) is 2.78. The van der Waals surface area contributed by atoms with E-state index in [1.165, 1.54) is 5.56 Å². The van der Waals surface area contributed by atoms with Gasteiger partial charge in [-0.3, -0.25) is 4.90 Å². The van der Waals surface area contributed by atoms with Crippen molar-refractivity contribution in [2.24, 2.45) is 0 Å². The minimum absolute atomic E-state index is 0.508. The van der Waals surface area contributed by atoms with E-state index >= 15 is 0 Å². The Morgan fingerprint density at radius 3 is 2.65 bits per heavy atom. The van der Waals surface area contributed by atoms with Crippen molar-refractivity contribution in [3.8, 4) is 0 Å². The first-order valence-electron chi connectivity index (χ1n) is 6.03. The number of methoxy groups -OCH3 is 1. The monoisotopic (exact) mass is 237 g/mol. The number of aromatic nitrogens is 1. The molecule has 0 aliphatic carbocycles. The quantitative estimate of drug-likeness (QED) is 0.787. The highest BCUT2D eigenvalue weighted by Crippen LogP contribution is 2.09. The van der Waals surface area contributed by atoms with Crippen molar-refractivity contribution < 1.29 is 4.74 Å². The third kappa shape index (κ3) is 4.71. The van der Waals surface area contributed by atoms with E-state index in [-0.39, 0.29) is 0 Å². The van der Waals surface area contributed by atoms with Gasteiger partial charge in [0.15, 0.2) is 0 Å². The van der Waals surface area contributed by atoms with Gasteiger partial charge in [-0.1, -0.05) is 6.07 Å². The fraction of sp³-hybridized carbons (Fsp3) is 0.615. The average molecular weight is 237 g/mol. The standard InChI is InChI=1S/C13H23N3O/c1-11(2)16(7-8-17-4)10-12-5-6-13(14-3)15-9-12/h5-6,9,11H,7-8,10H2,1-4H3,(H,14,15). The number of hydrogen-bond acceptors (Lipinski definition) is 4. The predicted molar refractivity (Wildman–Crippen MR) is 71.2 cm³/mol. The zero-order chi connectivity index (χ0) is 12.7. The van der Waals surface area contributed by atoms with E-state index in [2.05, 4.69) is 35.1 Å². The van der Waals surface area contributed by atoms with Crippen LogP contribution in [0.4, 0.5) is 5.82 Å². The Kier molecular flexibility index (Phi) is 5.94. The maximum absolute atomic E-state index is 5.13. The van der Waals surface area contributed by atoms with Gasteiger partial charge in [-0.15, -0.1) is 0 Å². The van der Waals surface area contributed by atoms with E-state index in [1.807, 2.05) is 19.3 Å². The van der Waals surface area contributed by atoms with E-state index in [9.17, 15) is 0 Å². The molecular weight excluding hydrogens is 214 g/mol. The Hall–Kier alpha value is -1.13. The van der Waals surface area contributed by atoms with E-state index in [0.29, 0.717) is 6.04 Å². The Bertz CT molecular complexity index is 311. The summed E-state index contributed by atoms with van der Waals surface area (Å²) in [7, 11) is 3.61. The van der Waals surface area contributed by atoms with Gasteiger partial charge >= 0.3 is 0 Å². The fourth-order valence-corrected chi connectivity index (χ4v) is 1.63. The number of hydrogen-bond donors (Lipinski definition) is 1. The van der Waals surface area contributed by atoms with Gasteiger partial charge in [0.1, 0.15) is 5.82 Å². The minimum atomic E-state index is 0.508. The zero-order valence-electron chi connectivity index (χ0n) is 11.2. The van der Waals surface area contributed by atoms with Crippen LogP contribution in [0, 0.1) is 0 Å². The van der Waals surface area contributed by atoms with E-state index in [1.54, 1.807) is 7.11 Å². The summed E-state index contributed by atoms with van der Waals surface area (Å²) in [6.45, 7) is 7.02. The summed E-state index contributed by atoms with van der Waals surface area (Å²) in [4.78, 5) is 6.70. The van der Waals surface area contributed by atoms with Gasteiger partial charge in [0.05, 0.1) is 6.61 Å². The molecule has 0 amide bonds. The first-order chi connectivity index (χ1) is 8.17. The molecule has 0 aromatic carbocycles. The van der Waals surface area contributed by atoms with Gasteiger partial charge in [0.2, 0.25) is 0 Å². The predicted octanol–water partition coefficient (Wildman–Crippen LogP) is 1.98. The van der Waals surface area contributed by atoms with Crippen molar-refractivity contribution in [3.63, 3.8) is 0 Å². The van der Waals surface area contributed by atoms with E-state index < -0.39 is 0 Å². The molecule has 1 aromatic rings. The van der Waals surface area contributed by atoms with Crippen LogP contribution in [0.5, 0.6) is 0 Å². The molecule has 17 heavy (non-hydrogen) atoms. The summed E-state index contributed by atoms with van der Waals surface area (Å²) in [5.41, 5.74) is 1.23. The normalized spacial score (nSPS) is 11.2. The van der Waals surface area contributed by atoms with Crippen LogP contribution in [-0.4, -0.2) is 43.2 Å². The lowest BCUT2D eigenvalue weighted by Crippen LogP contribution is -2.33. The lowest BCUT2D eigenvalue weighted by molar-refractivity contribution is 0.125. The van der Waals surface area contributed by atoms with Crippen LogP contribution in [0.25, 0.3) is 0 Å². The topological polar surface area (TPSA) is 37.4 Å². The second-order valence-corrected chi connectivity index (χ2v) is 4.36. The third-order valence-electron chi connectivity index (χ3n) is 2.78. The molecule has 4 nitrogen and oxygen atoms in total. The van der Waals surface area contributed by atoms with Gasteiger partial charge in [0, 0.05) is 39.5 Å². The largest absolute Gasteiger partial charge is 0.383 e. The van der Waals surface area contributed by atoms with Crippen LogP contribution < -0.4 is 5.32 Å². The van der Waals surface area contributed by atoms with Crippen molar-refractivity contribution in [3.05, 3.63) is 23.9 Å². The Labute approximate surface area is 104 Å². The number of rotatable bonds is 7. The molecule has 0 saturated carbocycles. The smallest absolute Gasteiger partial charge is 0.125 e. The molecule has 0 aliphatic heterocycles. The molecule has 4 heteroatoms. The number of ether oxygens (including phenoxy) is 1. The summed E-state index contributed by atoms with van der Waals surface area (Å²) in [6, 6.07) is 4.62. The molecule has 0 atom stereocenters. The SMILES string of the molecule is CNc1ccc(CN(CCOC)C(C)C)cn1. The van der Waals surface area contributed by atoms with Crippen molar-refractivity contribution in [1.29, 1.82) is 0 Å². The lowest BCUT2D eigenvalue weighted by atomic mass is 10.2. The maximum Gasteiger partial charge on any atom is 0.125 e. The number of pyridine rings is 1. The molecule has 1 rings (SSSR count). The van der Waals surface area contributed by atoms with Crippen molar-refractivity contribution in [2.75, 3.05) is 32.6 Å². The molecule has 1 aromatic heterocycles. The summed E-state index contributed by atoms with van der Waals surface area (Å²) in [5, 5.41) is 3.02. The minimum Gasteiger partial charge on any atom is -0.383 e. The molecule has 1 N–H and O–H groups in total. The van der Waals surface area contributed by atoms with Gasteiger partial charge in [0.25, 0.3) is 0 Å². The van der Waals surface area contributed by atoms with Gasteiger partial charge in [-0.05, 0) is 25.5 Å². The zero-order valence-corrected chi connectivity index (χ0v) is 11.2. The molecule has 0 spiro atoms. The van der Waals surface area contributed by atoms with Crippen LogP contribution in [0.1, 0.15) is 19.4 Å². The van der Waals surface area contributed by atoms with Crippen LogP contribution in [-0.2, 0) is 11.3 Å². The second-order valence-electron chi connectivity index (χ2n) is 4.36. The van der Waals surface area contributed by atoms with Crippen LogP contribution >= 0.6 is 0 Å². The summed E-state index contributed by atoms with van der Waals surface area (Å²) in [6.07, 6.45) is 1.92. The van der Waals surface area contributed by atoms with Gasteiger partial charge in [-0.25, -0.2) is 4.98 Å². The average Bonchev–Trinajstić information content (AvgIpc) is 2.35. The Balaban J connectivity index is 2.58. The molecule has 96 valence electrons. The first-order valence-corrected chi connectivity index (χ1v) is 6.03. The molecule has 0 unspecified atom stereocenters. The number of nitrogens with one attached hydrogen (secondary N) is 1. The van der Waals surface area contributed by atoms with E-state index in [0.717, 1.165) is 25.5 Å². The molecule has 0 bridgehead atoms. The maximum atomic E-state index is 5.13. The van der Waals surface area contributed by atoms with E-state index in [4.69, 9.17) is 4.74 Å². The molecule has 0 radical (unpaired) electrons. The molecule has 0 fully saturated rings. The Morgan fingerprint density at radius 1 is 1.41 bits per heavy atom. The second kappa shape index (κ2) is 7.25. The first kappa shape index (κ1) is 13.9. The molecular formula is C13H23N3O. The highest BCUT2D eigenvalue weighted by Gasteiger charge is 2.09. The number of anilines is 1. The van der Waals surface area contributed by atoms with Crippen LogP contribution in [0.2, 0.25) is 0 Å².